The average molecular weight is 446 g/mol. The molecule has 1 rings (SSSR count). The average Bonchev–Trinajstić information content (AvgIpc) is 2.71. The number of carboxylic acids is 3. The van der Waals surface area contributed by atoms with Gasteiger partial charge in [-0.05, 0) is 18.9 Å². The van der Waals surface area contributed by atoms with Crippen LogP contribution in [-0.4, -0.2) is 80.8 Å². The Hall–Kier alpha value is -3.06. The summed E-state index contributed by atoms with van der Waals surface area (Å²) >= 11 is 0. The van der Waals surface area contributed by atoms with Crippen LogP contribution >= 0.6 is 0 Å². The summed E-state index contributed by atoms with van der Waals surface area (Å²) in [5.41, 5.74) is 11.3. The van der Waals surface area contributed by atoms with Crippen LogP contribution in [0.4, 0.5) is 0 Å². The smallest absolute Gasteiger partial charge is 0.324 e. The van der Waals surface area contributed by atoms with E-state index in [0.29, 0.717) is 6.42 Å². The summed E-state index contributed by atoms with van der Waals surface area (Å²) in [7, 11) is 0. The van der Waals surface area contributed by atoms with Crippen LogP contribution in [0.1, 0.15) is 25.3 Å². The number of aliphatic hydroxyl groups excluding tert-OH is 2. The topological polar surface area (TPSA) is 231 Å². The maximum absolute atomic E-state index is 10.7. The predicted octanol–water partition coefficient (Wildman–Crippen LogP) is -1.19. The molecule has 0 aliphatic carbocycles. The number of benzene rings is 1. The van der Waals surface area contributed by atoms with E-state index in [1.807, 2.05) is 30.3 Å². The van der Waals surface area contributed by atoms with Crippen molar-refractivity contribution in [2.75, 3.05) is 13.2 Å². The maximum atomic E-state index is 10.7. The molecule has 176 valence electrons. The van der Waals surface area contributed by atoms with Crippen molar-refractivity contribution in [3.63, 3.8) is 0 Å². The summed E-state index contributed by atoms with van der Waals surface area (Å²) in [5, 5.41) is 41.0. The molecular formula is C19H30N2O10. The maximum Gasteiger partial charge on any atom is 0.324 e. The summed E-state index contributed by atoms with van der Waals surface area (Å²) in [5.74, 6) is -4.14. The molecule has 0 saturated heterocycles. The van der Waals surface area contributed by atoms with Crippen LogP contribution < -0.4 is 11.5 Å². The van der Waals surface area contributed by atoms with Crippen LogP contribution in [0.2, 0.25) is 0 Å². The van der Waals surface area contributed by atoms with Crippen LogP contribution in [0.3, 0.4) is 0 Å². The molecule has 0 saturated carbocycles. The number of carbonyl (C=O) groups is 4. The van der Waals surface area contributed by atoms with E-state index in [9.17, 15) is 19.2 Å². The number of rotatable bonds is 10. The molecule has 1 aromatic carbocycles. The van der Waals surface area contributed by atoms with Gasteiger partial charge in [-0.15, -0.1) is 0 Å². The van der Waals surface area contributed by atoms with Crippen LogP contribution in [-0.2, 0) is 30.3 Å². The molecule has 0 fully saturated rings. The molecule has 0 aliphatic rings. The molecule has 9 N–H and O–H groups in total. The largest absolute Gasteiger partial charge is 0.481 e. The van der Waals surface area contributed by atoms with Crippen molar-refractivity contribution in [1.82, 2.24) is 0 Å². The van der Waals surface area contributed by atoms with E-state index in [1.54, 1.807) is 0 Å². The van der Waals surface area contributed by atoms with Crippen molar-refractivity contribution in [2.45, 2.75) is 44.4 Å². The Bertz CT molecular complexity index is 667. The van der Waals surface area contributed by atoms with E-state index < -0.39 is 48.7 Å². The Kier molecular flexibility index (Phi) is 17.3. The van der Waals surface area contributed by atoms with Gasteiger partial charge in [-0.2, -0.15) is 0 Å². The monoisotopic (exact) mass is 446 g/mol. The van der Waals surface area contributed by atoms with Crippen molar-refractivity contribution in [3.8, 4) is 0 Å². The quantitative estimate of drug-likeness (QED) is 0.210. The van der Waals surface area contributed by atoms with Gasteiger partial charge in [-0.25, -0.2) is 0 Å². The van der Waals surface area contributed by atoms with Crippen molar-refractivity contribution < 1.29 is 49.4 Å². The summed E-state index contributed by atoms with van der Waals surface area (Å²) in [6, 6.07) is 7.27. The molecule has 1 aromatic rings. The lowest BCUT2D eigenvalue weighted by Crippen LogP contribution is -2.35. The van der Waals surface area contributed by atoms with Crippen molar-refractivity contribution in [1.29, 1.82) is 0 Å². The molecule has 0 heterocycles. The number of ether oxygens (including phenoxy) is 1. The van der Waals surface area contributed by atoms with Gasteiger partial charge in [-0.3, -0.25) is 19.2 Å². The van der Waals surface area contributed by atoms with E-state index >= 15 is 0 Å². The normalized spacial score (nSPS) is 12.5. The molecular weight excluding hydrogens is 416 g/mol. The number of hydrogen-bond acceptors (Lipinski definition) is 9. The molecule has 12 heteroatoms. The standard InChI is InChI=1S/C9H11NO2.C7H11NO6.C3H8O2/c10-8(9(11)12)6-7-4-2-1-3-5-7;8-4(7(12)13)3-14-6(11)2-1-5(9)10;1-3(5)2-4/h1-5,8H,6,10H2,(H,11,12);4H,1-3,8H2,(H,9,10)(H,12,13);3-5H,2H2,1H3/t8-;;/m0../s1. The third-order valence-corrected chi connectivity index (χ3v) is 3.16. The van der Waals surface area contributed by atoms with Crippen LogP contribution in [0.5, 0.6) is 0 Å². The Labute approximate surface area is 179 Å². The predicted molar refractivity (Wildman–Crippen MR) is 108 cm³/mol. The van der Waals surface area contributed by atoms with E-state index in [-0.39, 0.29) is 19.4 Å². The zero-order chi connectivity index (χ0) is 24.4. The first-order valence-corrected chi connectivity index (χ1v) is 9.07. The van der Waals surface area contributed by atoms with Gasteiger partial charge in [0.2, 0.25) is 0 Å². The van der Waals surface area contributed by atoms with E-state index in [4.69, 9.17) is 37.0 Å². The van der Waals surface area contributed by atoms with E-state index in [2.05, 4.69) is 4.74 Å². The second-order valence-corrected chi connectivity index (χ2v) is 6.19. The molecule has 0 bridgehead atoms. The molecule has 0 amide bonds. The third kappa shape index (κ3) is 20.0. The second-order valence-electron chi connectivity index (χ2n) is 6.19. The number of hydrogen-bond donors (Lipinski definition) is 7. The number of aliphatic carboxylic acids is 3. The zero-order valence-corrected chi connectivity index (χ0v) is 17.1. The van der Waals surface area contributed by atoms with Gasteiger partial charge in [0, 0.05) is 0 Å². The number of carbonyl (C=O) groups excluding carboxylic acids is 1. The molecule has 31 heavy (non-hydrogen) atoms. The Balaban J connectivity index is 0. The first-order valence-electron chi connectivity index (χ1n) is 9.07. The fraction of sp³-hybridized carbons (Fsp3) is 0.474. The fourth-order valence-corrected chi connectivity index (χ4v) is 1.49. The first kappa shape index (κ1) is 30.1. The molecule has 12 nitrogen and oxygen atoms in total. The summed E-state index contributed by atoms with van der Waals surface area (Å²) in [6.07, 6.45) is -0.811. The highest BCUT2D eigenvalue weighted by atomic mass is 16.5. The highest BCUT2D eigenvalue weighted by Gasteiger charge is 2.14. The van der Waals surface area contributed by atoms with Gasteiger partial charge in [0.05, 0.1) is 25.6 Å². The van der Waals surface area contributed by atoms with Crippen molar-refractivity contribution >= 4 is 23.9 Å². The molecule has 3 atom stereocenters. The van der Waals surface area contributed by atoms with Gasteiger partial charge in [0.25, 0.3) is 0 Å². The second kappa shape index (κ2) is 17.8. The molecule has 0 aromatic heterocycles. The Morgan fingerprint density at radius 1 is 0.935 bits per heavy atom. The minimum atomic E-state index is -1.28. The van der Waals surface area contributed by atoms with Gasteiger partial charge in [0.15, 0.2) is 0 Å². The highest BCUT2D eigenvalue weighted by molar-refractivity contribution is 5.77. The number of carboxylic acid groups (broad SMARTS) is 3. The van der Waals surface area contributed by atoms with Crippen LogP contribution in [0.15, 0.2) is 30.3 Å². The number of esters is 1. The van der Waals surface area contributed by atoms with Gasteiger partial charge in [-0.1, -0.05) is 30.3 Å². The van der Waals surface area contributed by atoms with Gasteiger partial charge >= 0.3 is 23.9 Å². The lowest BCUT2D eigenvalue weighted by molar-refractivity contribution is -0.150. The minimum Gasteiger partial charge on any atom is -0.481 e. The van der Waals surface area contributed by atoms with Crippen LogP contribution in [0, 0.1) is 0 Å². The molecule has 0 spiro atoms. The number of aliphatic hydroxyl groups is 2. The van der Waals surface area contributed by atoms with Crippen LogP contribution in [0.25, 0.3) is 0 Å². The summed E-state index contributed by atoms with van der Waals surface area (Å²) in [6.45, 7) is 0.938. The Morgan fingerprint density at radius 3 is 1.81 bits per heavy atom. The zero-order valence-electron chi connectivity index (χ0n) is 17.1. The van der Waals surface area contributed by atoms with Crippen molar-refractivity contribution in [3.05, 3.63) is 35.9 Å². The Morgan fingerprint density at radius 2 is 1.42 bits per heavy atom. The summed E-state index contributed by atoms with van der Waals surface area (Å²) in [4.78, 5) is 41.3. The molecule has 0 aliphatic heterocycles. The lowest BCUT2D eigenvalue weighted by atomic mass is 10.1. The minimum absolute atomic E-state index is 0.139. The fourth-order valence-electron chi connectivity index (χ4n) is 1.49. The summed E-state index contributed by atoms with van der Waals surface area (Å²) < 4.78 is 4.41. The van der Waals surface area contributed by atoms with Gasteiger partial charge in [0.1, 0.15) is 18.7 Å². The SMILES string of the molecule is CC(O)CO.NC(COC(=O)CCC(=O)O)C(=O)O.N[C@@H](Cc1ccccc1)C(=O)O. The van der Waals surface area contributed by atoms with Gasteiger partial charge < -0.3 is 41.7 Å². The number of nitrogens with two attached hydrogens (primary N) is 2. The third-order valence-electron chi connectivity index (χ3n) is 3.16. The molecule has 0 radical (unpaired) electrons. The highest BCUT2D eigenvalue weighted by Crippen LogP contribution is 2.01. The van der Waals surface area contributed by atoms with E-state index in [1.165, 1.54) is 6.92 Å². The van der Waals surface area contributed by atoms with E-state index in [0.717, 1.165) is 5.56 Å². The molecule has 2 unspecified atom stereocenters. The van der Waals surface area contributed by atoms with Crippen molar-refractivity contribution in [2.24, 2.45) is 11.5 Å². The first-order chi connectivity index (χ1) is 14.4. The lowest BCUT2D eigenvalue weighted by Gasteiger charge is -2.06.